The standard InChI is InChI=1S/C25H20N10/c26-14-12-35(13-14)22-11-27-10-21(30-22)18-4-5-19-23(31-18)24(34-33-19)20-9-16-15(6-8-29-25(16)32-20)17-3-1-2-7-28-17/h1-11,14H,12-13,26H2,(H,29,32)(H,33,34). The number of hydrogen-bond donors (Lipinski definition) is 3. The predicted octanol–water partition coefficient (Wildman–Crippen LogP) is 3.17. The molecule has 1 fully saturated rings. The minimum atomic E-state index is 0.187. The van der Waals surface area contributed by atoms with E-state index < -0.39 is 0 Å². The van der Waals surface area contributed by atoms with E-state index in [-0.39, 0.29) is 6.04 Å². The Balaban J connectivity index is 1.31. The lowest BCUT2D eigenvalue weighted by Gasteiger charge is -2.37. The van der Waals surface area contributed by atoms with Gasteiger partial charge >= 0.3 is 0 Å². The Morgan fingerprint density at radius 2 is 1.86 bits per heavy atom. The summed E-state index contributed by atoms with van der Waals surface area (Å²) in [6.07, 6.45) is 7.05. The largest absolute Gasteiger partial charge is 0.352 e. The van der Waals surface area contributed by atoms with Crippen LogP contribution >= 0.6 is 0 Å². The molecule has 0 bridgehead atoms. The van der Waals surface area contributed by atoms with Gasteiger partial charge in [-0.2, -0.15) is 5.10 Å². The molecular formula is C25H20N10. The minimum absolute atomic E-state index is 0.187. The van der Waals surface area contributed by atoms with Crippen LogP contribution in [-0.4, -0.2) is 59.2 Å². The molecule has 7 heterocycles. The van der Waals surface area contributed by atoms with Crippen LogP contribution in [0.15, 0.2) is 67.3 Å². The first-order chi connectivity index (χ1) is 17.2. The van der Waals surface area contributed by atoms with E-state index in [2.05, 4.69) is 35.0 Å². The molecule has 170 valence electrons. The van der Waals surface area contributed by atoms with Gasteiger partial charge in [0.1, 0.15) is 28.4 Å². The molecule has 0 saturated carbocycles. The number of nitrogens with one attached hydrogen (secondary N) is 2. The average Bonchev–Trinajstić information content (AvgIpc) is 3.51. The Bertz CT molecular complexity index is 1680. The topological polar surface area (TPSA) is 138 Å². The van der Waals surface area contributed by atoms with Crippen LogP contribution in [0.1, 0.15) is 0 Å². The van der Waals surface area contributed by atoms with Crippen molar-refractivity contribution in [3.8, 4) is 34.0 Å². The Morgan fingerprint density at radius 3 is 2.71 bits per heavy atom. The number of anilines is 1. The smallest absolute Gasteiger partial charge is 0.147 e. The molecule has 6 aromatic heterocycles. The lowest BCUT2D eigenvalue weighted by molar-refractivity contribution is 0.514. The SMILES string of the molecule is NC1CN(c2cncc(-c3ccc4[nH]nc(-c5cc6c(-c7ccccn7)ccnc6[nH]5)c4n3)n2)C1. The summed E-state index contributed by atoms with van der Waals surface area (Å²) < 4.78 is 0. The number of nitrogens with zero attached hydrogens (tertiary/aromatic N) is 7. The summed E-state index contributed by atoms with van der Waals surface area (Å²) >= 11 is 0. The van der Waals surface area contributed by atoms with Crippen LogP contribution in [0, 0.1) is 0 Å². The molecule has 1 aliphatic heterocycles. The molecule has 4 N–H and O–H groups in total. The lowest BCUT2D eigenvalue weighted by atomic mass is 10.1. The molecule has 6 aromatic rings. The second-order valence-electron chi connectivity index (χ2n) is 8.61. The third-order valence-corrected chi connectivity index (χ3v) is 6.25. The quantitative estimate of drug-likeness (QED) is 0.365. The van der Waals surface area contributed by atoms with Crippen molar-refractivity contribution in [1.29, 1.82) is 0 Å². The number of fused-ring (bicyclic) bond motifs is 2. The molecule has 0 aromatic carbocycles. The molecule has 1 saturated heterocycles. The van der Waals surface area contributed by atoms with Gasteiger partial charge in [-0.1, -0.05) is 6.07 Å². The molecule has 10 nitrogen and oxygen atoms in total. The zero-order chi connectivity index (χ0) is 23.4. The fraction of sp³-hybridized carbons (Fsp3) is 0.120. The van der Waals surface area contributed by atoms with Gasteiger partial charge in [-0.15, -0.1) is 0 Å². The first-order valence-electron chi connectivity index (χ1n) is 11.3. The van der Waals surface area contributed by atoms with Gasteiger partial charge in [-0.05, 0) is 36.4 Å². The van der Waals surface area contributed by atoms with Gasteiger partial charge in [0.2, 0.25) is 0 Å². The summed E-state index contributed by atoms with van der Waals surface area (Å²) in [5.74, 6) is 0.808. The van der Waals surface area contributed by atoms with Crippen LogP contribution < -0.4 is 10.6 Å². The Kier molecular flexibility index (Phi) is 4.33. The summed E-state index contributed by atoms with van der Waals surface area (Å²) in [6, 6.07) is 14.0. The maximum absolute atomic E-state index is 5.92. The molecular weight excluding hydrogens is 440 g/mol. The summed E-state index contributed by atoms with van der Waals surface area (Å²) in [5.41, 5.74) is 13.1. The molecule has 7 rings (SSSR count). The Labute approximate surface area is 199 Å². The van der Waals surface area contributed by atoms with E-state index in [9.17, 15) is 0 Å². The molecule has 0 spiro atoms. The zero-order valence-corrected chi connectivity index (χ0v) is 18.6. The molecule has 1 aliphatic rings. The van der Waals surface area contributed by atoms with E-state index in [1.54, 1.807) is 24.8 Å². The third kappa shape index (κ3) is 3.30. The second-order valence-corrected chi connectivity index (χ2v) is 8.61. The molecule has 0 atom stereocenters. The van der Waals surface area contributed by atoms with Crippen molar-refractivity contribution in [3.63, 3.8) is 0 Å². The highest BCUT2D eigenvalue weighted by atomic mass is 15.3. The lowest BCUT2D eigenvalue weighted by Crippen LogP contribution is -2.56. The maximum atomic E-state index is 5.92. The van der Waals surface area contributed by atoms with Gasteiger partial charge in [0.25, 0.3) is 0 Å². The van der Waals surface area contributed by atoms with E-state index in [1.165, 1.54) is 0 Å². The van der Waals surface area contributed by atoms with Crippen LogP contribution in [0.3, 0.4) is 0 Å². The van der Waals surface area contributed by atoms with Crippen molar-refractivity contribution in [2.24, 2.45) is 5.73 Å². The highest BCUT2D eigenvalue weighted by Gasteiger charge is 2.25. The maximum Gasteiger partial charge on any atom is 0.147 e. The van der Waals surface area contributed by atoms with Crippen molar-refractivity contribution in [2.45, 2.75) is 6.04 Å². The van der Waals surface area contributed by atoms with Crippen molar-refractivity contribution in [1.82, 2.24) is 40.1 Å². The van der Waals surface area contributed by atoms with E-state index >= 15 is 0 Å². The van der Waals surface area contributed by atoms with Crippen molar-refractivity contribution in [2.75, 3.05) is 18.0 Å². The third-order valence-electron chi connectivity index (χ3n) is 6.25. The number of hydrogen-bond acceptors (Lipinski definition) is 8. The molecule has 35 heavy (non-hydrogen) atoms. The Morgan fingerprint density at radius 1 is 0.914 bits per heavy atom. The van der Waals surface area contributed by atoms with Gasteiger partial charge in [-0.25, -0.2) is 15.0 Å². The van der Waals surface area contributed by atoms with Crippen molar-refractivity contribution in [3.05, 3.63) is 67.3 Å². The van der Waals surface area contributed by atoms with Crippen molar-refractivity contribution < 1.29 is 0 Å². The van der Waals surface area contributed by atoms with Crippen molar-refractivity contribution >= 4 is 27.9 Å². The monoisotopic (exact) mass is 460 g/mol. The van der Waals surface area contributed by atoms with Gasteiger partial charge in [0.05, 0.1) is 35.0 Å². The number of nitrogens with two attached hydrogens (primary N) is 1. The van der Waals surface area contributed by atoms with Gasteiger partial charge in [0, 0.05) is 42.5 Å². The van der Waals surface area contributed by atoms with Crippen LogP contribution in [0.25, 0.3) is 56.1 Å². The van der Waals surface area contributed by atoms with E-state index in [1.807, 2.05) is 42.5 Å². The van der Waals surface area contributed by atoms with E-state index in [4.69, 9.17) is 15.7 Å². The summed E-state index contributed by atoms with van der Waals surface area (Å²) in [6.45, 7) is 1.57. The molecule has 10 heteroatoms. The second kappa shape index (κ2) is 7.67. The predicted molar refractivity (Wildman–Crippen MR) is 133 cm³/mol. The number of aromatic nitrogens is 8. The zero-order valence-electron chi connectivity index (χ0n) is 18.6. The summed E-state index contributed by atoms with van der Waals surface area (Å²) in [5, 5.41) is 8.61. The van der Waals surface area contributed by atoms with Gasteiger partial charge in [-0.3, -0.25) is 15.1 Å². The molecule has 0 amide bonds. The Hall–Kier alpha value is -4.70. The summed E-state index contributed by atoms with van der Waals surface area (Å²) in [7, 11) is 0. The van der Waals surface area contributed by atoms with Gasteiger partial charge in [0.15, 0.2) is 0 Å². The molecule has 0 radical (unpaired) electrons. The fourth-order valence-corrected chi connectivity index (χ4v) is 4.46. The molecule has 0 aliphatic carbocycles. The number of rotatable bonds is 4. The van der Waals surface area contributed by atoms with Crippen LogP contribution in [-0.2, 0) is 0 Å². The van der Waals surface area contributed by atoms with E-state index in [0.717, 1.165) is 63.6 Å². The molecule has 0 unspecified atom stereocenters. The summed E-state index contributed by atoms with van der Waals surface area (Å²) in [4.78, 5) is 28.6. The minimum Gasteiger partial charge on any atom is -0.352 e. The first kappa shape index (κ1) is 19.7. The highest BCUT2D eigenvalue weighted by Crippen LogP contribution is 2.32. The average molecular weight is 461 g/mol. The number of aromatic amines is 2. The van der Waals surface area contributed by atoms with E-state index in [0.29, 0.717) is 11.4 Å². The normalized spacial score (nSPS) is 14.0. The van der Waals surface area contributed by atoms with Gasteiger partial charge < -0.3 is 15.6 Å². The number of pyridine rings is 3. The van der Waals surface area contributed by atoms with Crippen LogP contribution in [0.2, 0.25) is 0 Å². The first-order valence-corrected chi connectivity index (χ1v) is 11.3. The van der Waals surface area contributed by atoms with Crippen LogP contribution in [0.4, 0.5) is 5.82 Å². The fourth-order valence-electron chi connectivity index (χ4n) is 4.46. The number of H-pyrrole nitrogens is 2. The van der Waals surface area contributed by atoms with Crippen LogP contribution in [0.5, 0.6) is 0 Å². The highest BCUT2D eigenvalue weighted by molar-refractivity contribution is 5.98.